The first-order valence-electron chi connectivity index (χ1n) is 6.63. The van der Waals surface area contributed by atoms with Crippen LogP contribution in [0.1, 0.15) is 13.0 Å². The Balaban J connectivity index is 1.89. The summed E-state index contributed by atoms with van der Waals surface area (Å²) < 4.78 is 6.80. The maximum Gasteiger partial charge on any atom is 0.336 e. The van der Waals surface area contributed by atoms with Crippen molar-refractivity contribution in [2.75, 3.05) is 0 Å². The third-order valence-corrected chi connectivity index (χ3v) is 4.03. The van der Waals surface area contributed by atoms with Gasteiger partial charge in [-0.25, -0.2) is 9.48 Å². The van der Waals surface area contributed by atoms with Crippen LogP contribution in [0.4, 0.5) is 0 Å². The summed E-state index contributed by atoms with van der Waals surface area (Å²) in [6.07, 6.45) is 0. The smallest absolute Gasteiger partial charge is 0.336 e. The van der Waals surface area contributed by atoms with Crippen molar-refractivity contribution in [3.05, 3.63) is 51.5 Å². The fraction of sp³-hybridized carbons (Fsp3) is 0.133. The van der Waals surface area contributed by atoms with Gasteiger partial charge in [0.1, 0.15) is 11.6 Å². The van der Waals surface area contributed by atoms with Crippen LogP contribution in [0.15, 0.2) is 36.4 Å². The van der Waals surface area contributed by atoms with Crippen LogP contribution in [0, 0.1) is 0 Å². The standard InChI is InChI=1S/C15H10Cl3N3O2/c1-8(21-13-5-3-2-4-12(13)19-20-21)15(22)23-14-10(17)6-9(16)7-11(14)18/h2-8H,1H3. The van der Waals surface area contributed by atoms with E-state index in [-0.39, 0.29) is 15.8 Å². The number of hydrogen-bond donors (Lipinski definition) is 0. The van der Waals surface area contributed by atoms with Crippen LogP contribution in [-0.4, -0.2) is 21.0 Å². The highest BCUT2D eigenvalue weighted by Gasteiger charge is 2.23. The molecule has 0 aliphatic carbocycles. The van der Waals surface area contributed by atoms with Crippen LogP contribution >= 0.6 is 34.8 Å². The molecule has 0 radical (unpaired) electrons. The summed E-state index contributed by atoms with van der Waals surface area (Å²) in [5, 5.41) is 8.68. The summed E-state index contributed by atoms with van der Waals surface area (Å²) >= 11 is 17.9. The lowest BCUT2D eigenvalue weighted by Gasteiger charge is -2.14. The van der Waals surface area contributed by atoms with Crippen LogP contribution in [-0.2, 0) is 4.79 Å². The number of halogens is 3. The molecular weight excluding hydrogens is 361 g/mol. The first-order chi connectivity index (χ1) is 11.0. The van der Waals surface area contributed by atoms with Crippen LogP contribution in [0.3, 0.4) is 0 Å². The van der Waals surface area contributed by atoms with Crippen LogP contribution in [0.2, 0.25) is 15.1 Å². The fourth-order valence-corrected chi connectivity index (χ4v) is 2.98. The van der Waals surface area contributed by atoms with Crippen LogP contribution in [0.5, 0.6) is 5.75 Å². The molecule has 2 aromatic carbocycles. The number of nitrogens with zero attached hydrogens (tertiary/aromatic N) is 3. The van der Waals surface area contributed by atoms with Gasteiger partial charge in [0.05, 0.1) is 15.6 Å². The predicted octanol–water partition coefficient (Wildman–Crippen LogP) is 4.56. The normalized spacial score (nSPS) is 12.3. The zero-order chi connectivity index (χ0) is 16.6. The highest BCUT2D eigenvalue weighted by molar-refractivity contribution is 6.40. The number of esters is 1. The summed E-state index contributed by atoms with van der Waals surface area (Å²) in [4.78, 5) is 12.4. The van der Waals surface area contributed by atoms with Crippen LogP contribution in [0.25, 0.3) is 11.0 Å². The molecule has 0 saturated heterocycles. The summed E-state index contributed by atoms with van der Waals surface area (Å²) in [6, 6.07) is 9.51. The van der Waals surface area contributed by atoms with Crippen molar-refractivity contribution in [3.8, 4) is 5.75 Å². The minimum atomic E-state index is -0.704. The number of hydrogen-bond acceptors (Lipinski definition) is 4. The van der Waals surface area contributed by atoms with Gasteiger partial charge >= 0.3 is 5.97 Å². The van der Waals surface area contributed by atoms with E-state index in [2.05, 4.69) is 10.3 Å². The quantitative estimate of drug-likeness (QED) is 0.501. The average molecular weight is 371 g/mol. The van der Waals surface area contributed by atoms with Gasteiger partial charge in [-0.3, -0.25) is 0 Å². The van der Waals surface area contributed by atoms with Crippen molar-refractivity contribution in [3.63, 3.8) is 0 Å². The molecule has 3 rings (SSSR count). The third kappa shape index (κ3) is 3.13. The number of fused-ring (bicyclic) bond motifs is 1. The first kappa shape index (κ1) is 16.1. The van der Waals surface area contributed by atoms with Crippen molar-refractivity contribution in [1.29, 1.82) is 0 Å². The Kier molecular flexibility index (Phi) is 4.43. The number of para-hydroxylation sites is 1. The largest absolute Gasteiger partial charge is 0.422 e. The minimum absolute atomic E-state index is 0.0685. The highest BCUT2D eigenvalue weighted by Crippen LogP contribution is 2.36. The average Bonchev–Trinajstić information content (AvgIpc) is 2.93. The van der Waals surface area contributed by atoms with E-state index in [1.807, 2.05) is 24.3 Å². The molecule has 0 spiro atoms. The maximum atomic E-state index is 12.4. The molecule has 1 atom stereocenters. The molecule has 0 aliphatic rings. The van der Waals surface area contributed by atoms with E-state index < -0.39 is 12.0 Å². The van der Waals surface area contributed by atoms with Crippen LogP contribution < -0.4 is 4.74 Å². The Bertz CT molecular complexity index is 872. The molecule has 0 bridgehead atoms. The number of ether oxygens (including phenoxy) is 1. The lowest BCUT2D eigenvalue weighted by Crippen LogP contribution is -2.23. The molecule has 1 aromatic heterocycles. The SMILES string of the molecule is CC(C(=O)Oc1c(Cl)cc(Cl)cc1Cl)n1nnc2ccccc21. The van der Waals surface area contributed by atoms with E-state index in [1.165, 1.54) is 16.8 Å². The Morgan fingerprint density at radius 3 is 2.52 bits per heavy atom. The molecule has 0 fully saturated rings. The van der Waals surface area contributed by atoms with Crippen molar-refractivity contribution in [2.45, 2.75) is 13.0 Å². The van der Waals surface area contributed by atoms with E-state index in [1.54, 1.807) is 6.92 Å². The van der Waals surface area contributed by atoms with E-state index in [0.717, 1.165) is 5.52 Å². The molecule has 118 valence electrons. The lowest BCUT2D eigenvalue weighted by molar-refractivity contribution is -0.137. The Morgan fingerprint density at radius 2 is 1.83 bits per heavy atom. The van der Waals surface area contributed by atoms with Crippen molar-refractivity contribution in [1.82, 2.24) is 15.0 Å². The maximum absolute atomic E-state index is 12.4. The minimum Gasteiger partial charge on any atom is -0.422 e. The van der Waals surface area contributed by atoms with Gasteiger partial charge < -0.3 is 4.74 Å². The van der Waals surface area contributed by atoms with Gasteiger partial charge in [-0.05, 0) is 31.2 Å². The van der Waals surface area contributed by atoms with Gasteiger partial charge in [0.15, 0.2) is 5.75 Å². The molecule has 0 aliphatic heterocycles. The molecule has 0 amide bonds. The number of aromatic nitrogens is 3. The van der Waals surface area contributed by atoms with Gasteiger partial charge in [-0.1, -0.05) is 52.1 Å². The zero-order valence-electron chi connectivity index (χ0n) is 11.8. The van der Waals surface area contributed by atoms with Crippen molar-refractivity contribution < 1.29 is 9.53 Å². The first-order valence-corrected chi connectivity index (χ1v) is 7.77. The lowest BCUT2D eigenvalue weighted by atomic mass is 10.3. The molecule has 0 saturated carbocycles. The highest BCUT2D eigenvalue weighted by atomic mass is 35.5. The number of rotatable bonds is 3. The van der Waals surface area contributed by atoms with E-state index in [0.29, 0.717) is 10.5 Å². The Hall–Kier alpha value is -1.82. The van der Waals surface area contributed by atoms with Crippen molar-refractivity contribution in [2.24, 2.45) is 0 Å². The fourth-order valence-electron chi connectivity index (χ4n) is 2.09. The van der Waals surface area contributed by atoms with Gasteiger partial charge in [-0.2, -0.15) is 0 Å². The topological polar surface area (TPSA) is 57.0 Å². The van der Waals surface area contributed by atoms with E-state index in [4.69, 9.17) is 39.5 Å². The van der Waals surface area contributed by atoms with E-state index in [9.17, 15) is 4.79 Å². The molecule has 5 nitrogen and oxygen atoms in total. The Labute approximate surface area is 146 Å². The number of benzene rings is 2. The second kappa shape index (κ2) is 6.35. The summed E-state index contributed by atoms with van der Waals surface area (Å²) in [5.74, 6) is -0.495. The monoisotopic (exact) mass is 369 g/mol. The molecule has 1 heterocycles. The zero-order valence-corrected chi connectivity index (χ0v) is 14.1. The summed E-state index contributed by atoms with van der Waals surface area (Å²) in [7, 11) is 0. The molecule has 3 aromatic rings. The van der Waals surface area contributed by atoms with Gasteiger partial charge in [0.25, 0.3) is 0 Å². The molecular formula is C15H10Cl3N3O2. The number of carbonyl (C=O) groups excluding carboxylic acids is 1. The third-order valence-electron chi connectivity index (χ3n) is 3.25. The molecule has 8 heteroatoms. The molecule has 0 N–H and O–H groups in total. The van der Waals surface area contributed by atoms with Gasteiger partial charge in [0, 0.05) is 5.02 Å². The summed E-state index contributed by atoms with van der Waals surface area (Å²) in [6.45, 7) is 1.65. The van der Waals surface area contributed by atoms with Crippen molar-refractivity contribution >= 4 is 51.8 Å². The molecule has 23 heavy (non-hydrogen) atoms. The second-order valence-corrected chi connectivity index (χ2v) is 6.07. The summed E-state index contributed by atoms with van der Waals surface area (Å²) in [5.41, 5.74) is 1.42. The number of carbonyl (C=O) groups is 1. The van der Waals surface area contributed by atoms with Gasteiger partial charge in [0.2, 0.25) is 0 Å². The van der Waals surface area contributed by atoms with E-state index >= 15 is 0 Å². The predicted molar refractivity (Wildman–Crippen MR) is 89.3 cm³/mol. The van der Waals surface area contributed by atoms with Gasteiger partial charge in [-0.15, -0.1) is 5.10 Å². The Morgan fingerprint density at radius 1 is 1.17 bits per heavy atom. The molecule has 1 unspecified atom stereocenters. The second-order valence-electron chi connectivity index (χ2n) is 4.82.